The molecule has 2 N–H and O–H groups in total. The van der Waals surface area contributed by atoms with Gasteiger partial charge in [0, 0.05) is 17.8 Å². The topological polar surface area (TPSA) is 66.9 Å². The van der Waals surface area contributed by atoms with Crippen LogP contribution in [-0.2, 0) is 0 Å². The van der Waals surface area contributed by atoms with Crippen LogP contribution in [0.2, 0.25) is 0 Å². The Bertz CT molecular complexity index is 569. The van der Waals surface area contributed by atoms with E-state index in [2.05, 4.69) is 20.6 Å². The fourth-order valence-electron chi connectivity index (χ4n) is 1.79. The summed E-state index contributed by atoms with van der Waals surface area (Å²) < 4.78 is 0. The lowest BCUT2D eigenvalue weighted by atomic mass is 10.1. The van der Waals surface area contributed by atoms with Gasteiger partial charge in [-0.2, -0.15) is 0 Å². The van der Waals surface area contributed by atoms with Crippen molar-refractivity contribution in [1.82, 2.24) is 9.97 Å². The molecule has 19 heavy (non-hydrogen) atoms. The Morgan fingerprint density at radius 1 is 1.21 bits per heavy atom. The maximum absolute atomic E-state index is 12.1. The van der Waals surface area contributed by atoms with Crippen molar-refractivity contribution >= 4 is 17.3 Å². The van der Waals surface area contributed by atoms with E-state index in [0.29, 0.717) is 11.3 Å². The second-order valence-electron chi connectivity index (χ2n) is 4.14. The first-order valence-corrected chi connectivity index (χ1v) is 6.11. The molecule has 98 valence electrons. The molecule has 1 aromatic heterocycles. The monoisotopic (exact) mass is 256 g/mol. The van der Waals surface area contributed by atoms with Gasteiger partial charge in [-0.1, -0.05) is 0 Å². The third-order valence-electron chi connectivity index (χ3n) is 2.67. The van der Waals surface area contributed by atoms with Crippen LogP contribution in [0.3, 0.4) is 0 Å². The van der Waals surface area contributed by atoms with Crippen LogP contribution in [0.1, 0.15) is 22.8 Å². The summed E-state index contributed by atoms with van der Waals surface area (Å²) in [5.74, 6) is -0.157. The standard InChI is InChI=1S/C14H16N4O/c1-3-17-11-4-5-13(10(2)6-11)14(19)18-12-7-15-9-16-8-12/h4-9,17H,3H2,1-2H3,(H,18,19). The second-order valence-corrected chi connectivity index (χ2v) is 4.14. The molecule has 0 saturated heterocycles. The maximum atomic E-state index is 12.1. The molecule has 5 nitrogen and oxygen atoms in total. The smallest absolute Gasteiger partial charge is 0.256 e. The van der Waals surface area contributed by atoms with Gasteiger partial charge in [0.1, 0.15) is 6.33 Å². The number of hydrogen-bond acceptors (Lipinski definition) is 4. The number of hydrogen-bond donors (Lipinski definition) is 2. The largest absolute Gasteiger partial charge is 0.385 e. The number of nitrogens with zero attached hydrogens (tertiary/aromatic N) is 2. The number of anilines is 2. The van der Waals surface area contributed by atoms with Crippen molar-refractivity contribution in [3.63, 3.8) is 0 Å². The quantitative estimate of drug-likeness (QED) is 0.881. The van der Waals surface area contributed by atoms with E-state index in [1.807, 2.05) is 32.0 Å². The van der Waals surface area contributed by atoms with E-state index in [4.69, 9.17) is 0 Å². The third kappa shape index (κ3) is 3.28. The minimum absolute atomic E-state index is 0.157. The summed E-state index contributed by atoms with van der Waals surface area (Å²) >= 11 is 0. The normalized spacial score (nSPS) is 10.0. The zero-order valence-corrected chi connectivity index (χ0v) is 11.0. The molecule has 0 aliphatic heterocycles. The molecule has 0 aliphatic carbocycles. The molecule has 0 atom stereocenters. The molecular formula is C14H16N4O. The van der Waals surface area contributed by atoms with Crippen molar-refractivity contribution in [1.29, 1.82) is 0 Å². The van der Waals surface area contributed by atoms with E-state index < -0.39 is 0 Å². The summed E-state index contributed by atoms with van der Waals surface area (Å²) in [6.45, 7) is 4.80. The van der Waals surface area contributed by atoms with Crippen molar-refractivity contribution in [3.8, 4) is 0 Å². The molecule has 1 amide bonds. The van der Waals surface area contributed by atoms with Gasteiger partial charge in [0.15, 0.2) is 0 Å². The Labute approximate surface area is 112 Å². The van der Waals surface area contributed by atoms with Crippen LogP contribution in [0.5, 0.6) is 0 Å². The fourth-order valence-corrected chi connectivity index (χ4v) is 1.79. The number of rotatable bonds is 4. The van der Waals surface area contributed by atoms with E-state index in [-0.39, 0.29) is 5.91 Å². The number of benzene rings is 1. The van der Waals surface area contributed by atoms with Crippen molar-refractivity contribution in [3.05, 3.63) is 48.0 Å². The van der Waals surface area contributed by atoms with Crippen molar-refractivity contribution in [2.45, 2.75) is 13.8 Å². The molecule has 0 radical (unpaired) electrons. The van der Waals surface area contributed by atoms with E-state index in [1.54, 1.807) is 12.4 Å². The number of carbonyl (C=O) groups is 1. The van der Waals surface area contributed by atoms with Crippen LogP contribution in [0.15, 0.2) is 36.9 Å². The highest BCUT2D eigenvalue weighted by Gasteiger charge is 2.09. The van der Waals surface area contributed by atoms with E-state index in [0.717, 1.165) is 17.8 Å². The van der Waals surface area contributed by atoms with E-state index in [1.165, 1.54) is 6.33 Å². The van der Waals surface area contributed by atoms with Gasteiger partial charge in [-0.3, -0.25) is 4.79 Å². The van der Waals surface area contributed by atoms with Gasteiger partial charge in [-0.15, -0.1) is 0 Å². The molecule has 0 bridgehead atoms. The highest BCUT2D eigenvalue weighted by Crippen LogP contribution is 2.16. The Hall–Kier alpha value is -2.43. The molecule has 1 heterocycles. The first-order valence-electron chi connectivity index (χ1n) is 6.11. The van der Waals surface area contributed by atoms with Crippen LogP contribution in [0.4, 0.5) is 11.4 Å². The highest BCUT2D eigenvalue weighted by atomic mass is 16.1. The summed E-state index contributed by atoms with van der Waals surface area (Å²) in [6, 6.07) is 5.67. The van der Waals surface area contributed by atoms with Crippen LogP contribution in [0, 0.1) is 6.92 Å². The summed E-state index contributed by atoms with van der Waals surface area (Å²) in [6.07, 6.45) is 4.55. The number of nitrogens with one attached hydrogen (secondary N) is 2. The predicted octanol–water partition coefficient (Wildman–Crippen LogP) is 2.47. The average molecular weight is 256 g/mol. The Morgan fingerprint density at radius 3 is 2.58 bits per heavy atom. The summed E-state index contributed by atoms with van der Waals surface area (Å²) in [4.78, 5) is 19.8. The molecule has 0 unspecified atom stereocenters. The predicted molar refractivity (Wildman–Crippen MR) is 75.3 cm³/mol. The highest BCUT2D eigenvalue weighted by molar-refractivity contribution is 6.05. The van der Waals surface area contributed by atoms with Gasteiger partial charge in [0.25, 0.3) is 5.91 Å². The average Bonchev–Trinajstić information content (AvgIpc) is 2.40. The summed E-state index contributed by atoms with van der Waals surface area (Å²) in [5, 5.41) is 5.98. The van der Waals surface area contributed by atoms with Crippen molar-refractivity contribution in [2.75, 3.05) is 17.2 Å². The number of aromatic nitrogens is 2. The lowest BCUT2D eigenvalue weighted by molar-refractivity contribution is 0.102. The van der Waals surface area contributed by atoms with Gasteiger partial charge in [0.05, 0.1) is 18.1 Å². The van der Waals surface area contributed by atoms with Gasteiger partial charge in [0.2, 0.25) is 0 Å². The maximum Gasteiger partial charge on any atom is 0.256 e. The number of amides is 1. The van der Waals surface area contributed by atoms with Crippen LogP contribution in [0.25, 0.3) is 0 Å². The number of aryl methyl sites for hydroxylation is 1. The zero-order valence-electron chi connectivity index (χ0n) is 11.0. The lowest BCUT2D eigenvalue weighted by Gasteiger charge is -2.09. The minimum Gasteiger partial charge on any atom is -0.385 e. The van der Waals surface area contributed by atoms with E-state index >= 15 is 0 Å². The molecular weight excluding hydrogens is 240 g/mol. The molecule has 2 aromatic rings. The molecule has 0 fully saturated rings. The van der Waals surface area contributed by atoms with Crippen molar-refractivity contribution < 1.29 is 4.79 Å². The summed E-state index contributed by atoms with van der Waals surface area (Å²) in [5.41, 5.74) is 3.17. The first-order chi connectivity index (χ1) is 9.20. The molecule has 5 heteroatoms. The molecule has 0 aliphatic rings. The van der Waals surface area contributed by atoms with Gasteiger partial charge in [-0.25, -0.2) is 9.97 Å². The molecule has 0 saturated carbocycles. The van der Waals surface area contributed by atoms with Gasteiger partial charge >= 0.3 is 0 Å². The molecule has 2 rings (SSSR count). The summed E-state index contributed by atoms with van der Waals surface area (Å²) in [7, 11) is 0. The van der Waals surface area contributed by atoms with Gasteiger partial charge < -0.3 is 10.6 Å². The van der Waals surface area contributed by atoms with Gasteiger partial charge in [-0.05, 0) is 37.6 Å². The SMILES string of the molecule is CCNc1ccc(C(=O)Nc2cncnc2)c(C)c1. The zero-order chi connectivity index (χ0) is 13.7. The molecule has 0 spiro atoms. The van der Waals surface area contributed by atoms with Crippen molar-refractivity contribution in [2.24, 2.45) is 0 Å². The Kier molecular flexibility index (Phi) is 4.07. The fraction of sp³-hybridized carbons (Fsp3) is 0.214. The van der Waals surface area contributed by atoms with Crippen LogP contribution in [-0.4, -0.2) is 22.4 Å². The first kappa shape index (κ1) is 13.0. The van der Waals surface area contributed by atoms with Crippen LogP contribution >= 0.6 is 0 Å². The third-order valence-corrected chi connectivity index (χ3v) is 2.67. The molecule has 1 aromatic carbocycles. The second kappa shape index (κ2) is 5.95. The minimum atomic E-state index is -0.157. The number of carbonyl (C=O) groups excluding carboxylic acids is 1. The Morgan fingerprint density at radius 2 is 1.95 bits per heavy atom. The Balaban J connectivity index is 2.15. The lowest BCUT2D eigenvalue weighted by Crippen LogP contribution is -2.14. The van der Waals surface area contributed by atoms with E-state index in [9.17, 15) is 4.79 Å². The van der Waals surface area contributed by atoms with Crippen LogP contribution < -0.4 is 10.6 Å².